The lowest BCUT2D eigenvalue weighted by molar-refractivity contribution is 0.425. The molecule has 2 rings (SSSR count). The van der Waals surface area contributed by atoms with Gasteiger partial charge in [-0.1, -0.05) is 0 Å². The van der Waals surface area contributed by atoms with Gasteiger partial charge in [-0.05, 0) is 38.6 Å². The van der Waals surface area contributed by atoms with Gasteiger partial charge in [0.05, 0.1) is 0 Å². The Balaban J connectivity index is 2.39. The third-order valence-corrected chi connectivity index (χ3v) is 2.97. The molecule has 0 fully saturated rings. The number of ether oxygens (including phenoxy) is 1. The van der Waals surface area contributed by atoms with Crippen molar-refractivity contribution in [1.29, 1.82) is 0 Å². The summed E-state index contributed by atoms with van der Waals surface area (Å²) in [6.07, 6.45) is 1.55. The first kappa shape index (κ1) is 13.5. The number of hydrogen-bond donors (Lipinski definition) is 1. The molecule has 19 heavy (non-hydrogen) atoms. The van der Waals surface area contributed by atoms with Crippen LogP contribution in [0.5, 0.6) is 11.8 Å². The van der Waals surface area contributed by atoms with Crippen molar-refractivity contribution < 1.29 is 9.13 Å². The van der Waals surface area contributed by atoms with Crippen LogP contribution in [0.4, 0.5) is 4.39 Å². The Morgan fingerprint density at radius 2 is 2.16 bits per heavy atom. The van der Waals surface area contributed by atoms with E-state index in [-0.39, 0.29) is 17.9 Å². The molecule has 2 aromatic rings. The summed E-state index contributed by atoms with van der Waals surface area (Å²) in [5.74, 6) is 0.311. The molecule has 1 aromatic carbocycles. The zero-order valence-corrected chi connectivity index (χ0v) is 11.4. The van der Waals surface area contributed by atoms with Crippen molar-refractivity contribution in [1.82, 2.24) is 20.1 Å². The van der Waals surface area contributed by atoms with Crippen LogP contribution >= 0.6 is 0 Å². The van der Waals surface area contributed by atoms with E-state index < -0.39 is 0 Å². The van der Waals surface area contributed by atoms with Crippen LogP contribution in [0, 0.1) is 12.7 Å². The first-order valence-electron chi connectivity index (χ1n) is 6.02. The van der Waals surface area contributed by atoms with E-state index in [1.807, 2.05) is 14.0 Å². The van der Waals surface area contributed by atoms with Crippen molar-refractivity contribution in [3.05, 3.63) is 35.4 Å². The molecule has 1 atom stereocenters. The van der Waals surface area contributed by atoms with Crippen molar-refractivity contribution in [2.45, 2.75) is 19.9 Å². The van der Waals surface area contributed by atoms with Gasteiger partial charge in [-0.25, -0.2) is 4.39 Å². The molecule has 0 amide bonds. The number of aromatic nitrogens is 3. The fraction of sp³-hybridized carbons (Fsp3) is 0.385. The van der Waals surface area contributed by atoms with Gasteiger partial charge in [-0.2, -0.15) is 4.98 Å². The summed E-state index contributed by atoms with van der Waals surface area (Å²) in [6, 6.07) is 3.36. The highest BCUT2D eigenvalue weighted by Gasteiger charge is 2.15. The molecule has 0 aliphatic rings. The van der Waals surface area contributed by atoms with Gasteiger partial charge >= 0.3 is 6.01 Å². The summed E-state index contributed by atoms with van der Waals surface area (Å²) in [4.78, 5) is 4.00. The topological polar surface area (TPSA) is 52.0 Å². The van der Waals surface area contributed by atoms with Crippen LogP contribution in [0.25, 0.3) is 0 Å². The largest absolute Gasteiger partial charge is 0.423 e. The van der Waals surface area contributed by atoms with Gasteiger partial charge in [0.15, 0.2) is 0 Å². The number of nitrogens with one attached hydrogen (secondary N) is 1. The molecule has 0 saturated heterocycles. The monoisotopic (exact) mass is 264 g/mol. The molecule has 5 nitrogen and oxygen atoms in total. The third-order valence-electron chi connectivity index (χ3n) is 2.97. The molecule has 0 spiro atoms. The zero-order valence-electron chi connectivity index (χ0n) is 11.4. The van der Waals surface area contributed by atoms with E-state index in [2.05, 4.69) is 15.4 Å². The Morgan fingerprint density at radius 3 is 2.74 bits per heavy atom. The van der Waals surface area contributed by atoms with Gasteiger partial charge in [0.1, 0.15) is 17.9 Å². The SMILES string of the molecule is CNC(C)c1cc(F)c(C)cc1Oc1ncn(C)n1. The molecule has 102 valence electrons. The number of halogens is 1. The number of benzene rings is 1. The molecule has 0 aliphatic heterocycles. The lowest BCUT2D eigenvalue weighted by Gasteiger charge is -2.16. The predicted molar refractivity (Wildman–Crippen MR) is 69.7 cm³/mol. The molecule has 0 bridgehead atoms. The van der Waals surface area contributed by atoms with E-state index in [1.165, 1.54) is 6.07 Å². The fourth-order valence-electron chi connectivity index (χ4n) is 1.72. The number of hydrogen-bond acceptors (Lipinski definition) is 4. The Hall–Kier alpha value is -1.95. The van der Waals surface area contributed by atoms with Gasteiger partial charge in [0.2, 0.25) is 0 Å². The number of rotatable bonds is 4. The first-order valence-corrected chi connectivity index (χ1v) is 6.02. The second kappa shape index (κ2) is 5.36. The Labute approximate surface area is 111 Å². The quantitative estimate of drug-likeness (QED) is 0.921. The lowest BCUT2D eigenvalue weighted by Crippen LogP contribution is -2.14. The maximum Gasteiger partial charge on any atom is 0.340 e. The summed E-state index contributed by atoms with van der Waals surface area (Å²) < 4.78 is 20.9. The minimum Gasteiger partial charge on any atom is -0.423 e. The Bertz CT molecular complexity index is 582. The molecule has 1 aromatic heterocycles. The highest BCUT2D eigenvalue weighted by Crippen LogP contribution is 2.30. The Morgan fingerprint density at radius 1 is 1.42 bits per heavy atom. The van der Waals surface area contributed by atoms with Crippen LogP contribution in [0.2, 0.25) is 0 Å². The maximum atomic E-state index is 13.7. The highest BCUT2D eigenvalue weighted by atomic mass is 19.1. The van der Waals surface area contributed by atoms with Crippen LogP contribution < -0.4 is 10.1 Å². The van der Waals surface area contributed by atoms with E-state index in [1.54, 1.807) is 31.0 Å². The van der Waals surface area contributed by atoms with Crippen molar-refractivity contribution in [3.8, 4) is 11.8 Å². The molecule has 1 unspecified atom stereocenters. The molecular weight excluding hydrogens is 247 g/mol. The second-order valence-electron chi connectivity index (χ2n) is 4.45. The molecule has 6 heteroatoms. The van der Waals surface area contributed by atoms with Gasteiger partial charge in [0, 0.05) is 18.7 Å². The zero-order chi connectivity index (χ0) is 14.0. The van der Waals surface area contributed by atoms with Crippen LogP contribution in [0.3, 0.4) is 0 Å². The van der Waals surface area contributed by atoms with Gasteiger partial charge in [-0.15, -0.1) is 5.10 Å². The van der Waals surface area contributed by atoms with Crippen molar-refractivity contribution in [3.63, 3.8) is 0 Å². The van der Waals surface area contributed by atoms with E-state index in [0.29, 0.717) is 11.3 Å². The normalized spacial score (nSPS) is 12.5. The summed E-state index contributed by atoms with van der Waals surface area (Å²) in [7, 11) is 3.57. The molecule has 1 heterocycles. The molecule has 0 saturated carbocycles. The maximum absolute atomic E-state index is 13.7. The minimum absolute atomic E-state index is 0.0335. The standard InChI is InChI=1S/C13H17FN4O/c1-8-5-12(19-13-16-7-18(4)17-13)10(6-11(8)14)9(2)15-3/h5-7,9,15H,1-4H3. The molecule has 1 N–H and O–H groups in total. The number of aryl methyl sites for hydroxylation is 2. The van der Waals surface area contributed by atoms with Gasteiger partial charge in [0.25, 0.3) is 0 Å². The van der Waals surface area contributed by atoms with Gasteiger partial charge in [-0.3, -0.25) is 4.68 Å². The Kier molecular flexibility index (Phi) is 3.80. The van der Waals surface area contributed by atoms with Crippen molar-refractivity contribution in [2.75, 3.05) is 7.05 Å². The summed E-state index contributed by atoms with van der Waals surface area (Å²) in [5.41, 5.74) is 1.26. The first-order chi connectivity index (χ1) is 9.01. The number of nitrogens with zero attached hydrogens (tertiary/aromatic N) is 3. The summed E-state index contributed by atoms with van der Waals surface area (Å²) in [5, 5.41) is 7.12. The van der Waals surface area contributed by atoms with Crippen molar-refractivity contribution in [2.24, 2.45) is 7.05 Å². The van der Waals surface area contributed by atoms with E-state index in [9.17, 15) is 4.39 Å². The molecule has 0 radical (unpaired) electrons. The molecule has 0 aliphatic carbocycles. The van der Waals surface area contributed by atoms with E-state index in [0.717, 1.165) is 5.56 Å². The average molecular weight is 264 g/mol. The third kappa shape index (κ3) is 2.90. The van der Waals surface area contributed by atoms with E-state index >= 15 is 0 Å². The molecular formula is C13H17FN4O. The smallest absolute Gasteiger partial charge is 0.340 e. The average Bonchev–Trinajstić information content (AvgIpc) is 2.78. The fourth-order valence-corrected chi connectivity index (χ4v) is 1.72. The van der Waals surface area contributed by atoms with Crippen LogP contribution in [-0.2, 0) is 7.05 Å². The van der Waals surface area contributed by atoms with E-state index in [4.69, 9.17) is 4.74 Å². The summed E-state index contributed by atoms with van der Waals surface area (Å²) >= 11 is 0. The van der Waals surface area contributed by atoms with Gasteiger partial charge < -0.3 is 10.1 Å². The summed E-state index contributed by atoms with van der Waals surface area (Å²) in [6.45, 7) is 3.63. The lowest BCUT2D eigenvalue weighted by atomic mass is 10.0. The van der Waals surface area contributed by atoms with Crippen LogP contribution in [-0.4, -0.2) is 21.8 Å². The predicted octanol–water partition coefficient (Wildman–Crippen LogP) is 2.34. The van der Waals surface area contributed by atoms with Crippen LogP contribution in [0.15, 0.2) is 18.5 Å². The highest BCUT2D eigenvalue weighted by molar-refractivity contribution is 5.41. The second-order valence-corrected chi connectivity index (χ2v) is 4.45. The van der Waals surface area contributed by atoms with Crippen LogP contribution in [0.1, 0.15) is 24.1 Å². The minimum atomic E-state index is -0.251. The van der Waals surface area contributed by atoms with Crippen molar-refractivity contribution >= 4 is 0 Å².